The number of carbonyl (C=O) groups is 2. The number of nitrogens with zero attached hydrogens (tertiary/aromatic N) is 5. The smallest absolute Gasteiger partial charge is 0.328 e. The van der Waals surface area contributed by atoms with Gasteiger partial charge in [-0.15, -0.1) is 0 Å². The summed E-state index contributed by atoms with van der Waals surface area (Å²) in [6.07, 6.45) is 3.26. The summed E-state index contributed by atoms with van der Waals surface area (Å²) >= 11 is 0. The summed E-state index contributed by atoms with van der Waals surface area (Å²) in [5, 5.41) is 17.3. The van der Waals surface area contributed by atoms with Crippen molar-refractivity contribution < 1.29 is 14.7 Å². The zero-order valence-electron chi connectivity index (χ0n) is 13.7. The number of carbonyl (C=O) groups excluding carboxylic acids is 1. The Morgan fingerprint density at radius 2 is 2.13 bits per heavy atom. The summed E-state index contributed by atoms with van der Waals surface area (Å²) in [5.74, 6) is -1.26. The van der Waals surface area contributed by atoms with E-state index in [1.807, 2.05) is 18.5 Å². The molecule has 0 saturated carbocycles. The Kier molecular flexibility index (Phi) is 4.83. The summed E-state index contributed by atoms with van der Waals surface area (Å²) in [6.45, 7) is 6.69. The zero-order valence-corrected chi connectivity index (χ0v) is 13.7. The molecule has 0 bridgehead atoms. The molecule has 0 aliphatic carbocycles. The molecule has 2 rings (SSSR count). The first-order valence-electron chi connectivity index (χ1n) is 7.39. The molecule has 1 atom stereocenters. The number of rotatable bonds is 6. The normalized spacial score (nSPS) is 12.2. The van der Waals surface area contributed by atoms with Crippen LogP contribution in [0.1, 0.15) is 41.6 Å². The lowest BCUT2D eigenvalue weighted by Gasteiger charge is -2.15. The number of aromatic nitrogens is 4. The predicted molar refractivity (Wildman–Crippen MR) is 83.0 cm³/mol. The first kappa shape index (κ1) is 16.7. The second-order valence-corrected chi connectivity index (χ2v) is 5.43. The van der Waals surface area contributed by atoms with E-state index in [9.17, 15) is 9.59 Å². The van der Waals surface area contributed by atoms with E-state index in [4.69, 9.17) is 5.11 Å². The molecule has 0 aliphatic heterocycles. The van der Waals surface area contributed by atoms with E-state index in [0.29, 0.717) is 6.54 Å². The van der Waals surface area contributed by atoms with Crippen molar-refractivity contribution in [2.75, 3.05) is 7.05 Å². The van der Waals surface area contributed by atoms with Crippen LogP contribution in [0.3, 0.4) is 0 Å². The van der Waals surface area contributed by atoms with Crippen molar-refractivity contribution in [3.05, 3.63) is 35.4 Å². The average Bonchev–Trinajstić information content (AvgIpc) is 3.13. The van der Waals surface area contributed by atoms with Gasteiger partial charge in [-0.3, -0.25) is 14.2 Å². The van der Waals surface area contributed by atoms with Crippen LogP contribution in [0.5, 0.6) is 0 Å². The van der Waals surface area contributed by atoms with Crippen LogP contribution < -0.4 is 0 Å². The minimum Gasteiger partial charge on any atom is -0.480 e. The topological polar surface area (TPSA) is 93.2 Å². The summed E-state index contributed by atoms with van der Waals surface area (Å²) in [4.78, 5) is 24.9. The molecule has 2 aromatic heterocycles. The van der Waals surface area contributed by atoms with E-state index in [1.54, 1.807) is 18.1 Å². The quantitative estimate of drug-likeness (QED) is 0.867. The Labute approximate surface area is 134 Å². The Morgan fingerprint density at radius 3 is 2.70 bits per heavy atom. The van der Waals surface area contributed by atoms with Gasteiger partial charge in [-0.2, -0.15) is 10.2 Å². The Balaban J connectivity index is 2.10. The largest absolute Gasteiger partial charge is 0.480 e. The van der Waals surface area contributed by atoms with Gasteiger partial charge in [0, 0.05) is 37.6 Å². The number of carboxylic acid groups (broad SMARTS) is 1. The highest BCUT2D eigenvalue weighted by Crippen LogP contribution is 2.12. The molecular weight excluding hydrogens is 298 g/mol. The average molecular weight is 319 g/mol. The fourth-order valence-corrected chi connectivity index (χ4v) is 2.26. The van der Waals surface area contributed by atoms with Crippen molar-refractivity contribution in [1.29, 1.82) is 0 Å². The summed E-state index contributed by atoms with van der Waals surface area (Å²) in [5.41, 5.74) is 2.22. The van der Waals surface area contributed by atoms with Gasteiger partial charge in [0.2, 0.25) is 0 Å². The summed E-state index contributed by atoms with van der Waals surface area (Å²) in [6, 6.07) is 0.715. The highest BCUT2D eigenvalue weighted by atomic mass is 16.4. The van der Waals surface area contributed by atoms with E-state index < -0.39 is 12.0 Å². The van der Waals surface area contributed by atoms with Crippen molar-refractivity contribution in [3.63, 3.8) is 0 Å². The number of amides is 1. The lowest BCUT2D eigenvalue weighted by atomic mass is 10.2. The van der Waals surface area contributed by atoms with Crippen molar-refractivity contribution in [2.24, 2.45) is 0 Å². The van der Waals surface area contributed by atoms with E-state index in [0.717, 1.165) is 17.8 Å². The Hall–Kier alpha value is -2.64. The first-order chi connectivity index (χ1) is 10.8. The summed E-state index contributed by atoms with van der Waals surface area (Å²) < 4.78 is 3.14. The van der Waals surface area contributed by atoms with Crippen LogP contribution in [0.25, 0.3) is 0 Å². The number of aliphatic carboxylic acids is 1. The van der Waals surface area contributed by atoms with Crippen molar-refractivity contribution in [3.8, 4) is 0 Å². The Morgan fingerprint density at radius 1 is 1.43 bits per heavy atom. The maximum atomic E-state index is 12.4. The Bertz CT molecular complexity index is 719. The molecule has 0 saturated heterocycles. The predicted octanol–water partition coefficient (Wildman–Crippen LogP) is 1.33. The van der Waals surface area contributed by atoms with Gasteiger partial charge in [0.25, 0.3) is 5.91 Å². The number of carboxylic acids is 1. The van der Waals surface area contributed by atoms with E-state index >= 15 is 0 Å². The van der Waals surface area contributed by atoms with Gasteiger partial charge < -0.3 is 10.0 Å². The van der Waals surface area contributed by atoms with Crippen molar-refractivity contribution >= 4 is 11.9 Å². The molecule has 0 radical (unpaired) electrons. The van der Waals surface area contributed by atoms with Gasteiger partial charge in [-0.25, -0.2) is 4.79 Å². The highest BCUT2D eigenvalue weighted by molar-refractivity contribution is 5.92. The van der Waals surface area contributed by atoms with Crippen molar-refractivity contribution in [2.45, 2.75) is 39.9 Å². The first-order valence-corrected chi connectivity index (χ1v) is 7.39. The second-order valence-electron chi connectivity index (χ2n) is 5.43. The fraction of sp³-hybridized carbons (Fsp3) is 0.467. The molecule has 8 heteroatoms. The summed E-state index contributed by atoms with van der Waals surface area (Å²) in [7, 11) is 1.69. The van der Waals surface area contributed by atoms with Gasteiger partial charge in [-0.1, -0.05) is 0 Å². The maximum absolute atomic E-state index is 12.4. The molecule has 23 heavy (non-hydrogen) atoms. The minimum absolute atomic E-state index is 0.223. The van der Waals surface area contributed by atoms with Crippen molar-refractivity contribution in [1.82, 2.24) is 24.5 Å². The molecule has 0 fully saturated rings. The van der Waals surface area contributed by atoms with Gasteiger partial charge in [0.05, 0.1) is 6.20 Å². The van der Waals surface area contributed by atoms with Gasteiger partial charge in [0.15, 0.2) is 0 Å². The molecule has 0 spiro atoms. The monoisotopic (exact) mass is 319 g/mol. The molecule has 8 nitrogen and oxygen atoms in total. The van der Waals surface area contributed by atoms with Gasteiger partial charge in [0.1, 0.15) is 11.7 Å². The molecule has 124 valence electrons. The number of hydrogen-bond donors (Lipinski definition) is 1. The molecule has 2 heterocycles. The zero-order chi connectivity index (χ0) is 17.1. The van der Waals surface area contributed by atoms with Crippen LogP contribution in [0.4, 0.5) is 0 Å². The highest BCUT2D eigenvalue weighted by Gasteiger charge is 2.20. The number of hydrogen-bond acceptors (Lipinski definition) is 4. The second kappa shape index (κ2) is 6.64. The fourth-order valence-electron chi connectivity index (χ4n) is 2.26. The molecule has 2 aromatic rings. The van der Waals surface area contributed by atoms with Crippen LogP contribution in [0.15, 0.2) is 18.5 Å². The lowest BCUT2D eigenvalue weighted by Crippen LogP contribution is -2.27. The van der Waals surface area contributed by atoms with E-state index in [1.165, 1.54) is 23.9 Å². The lowest BCUT2D eigenvalue weighted by molar-refractivity contribution is -0.140. The van der Waals surface area contributed by atoms with E-state index in [2.05, 4.69) is 10.2 Å². The van der Waals surface area contributed by atoms with Crippen LogP contribution in [-0.4, -0.2) is 48.5 Å². The third-order valence-corrected chi connectivity index (χ3v) is 3.84. The molecule has 1 N–H and O–H groups in total. The SMILES string of the molecule is CCn1ncc(CN(C)C(=O)c2ccn(C(C)C(=O)O)n2)c1C. The molecule has 1 amide bonds. The molecule has 0 aliphatic rings. The third-order valence-electron chi connectivity index (χ3n) is 3.84. The van der Waals surface area contributed by atoms with E-state index in [-0.39, 0.29) is 11.6 Å². The standard InChI is InChI=1S/C15H21N5O3/c1-5-19-10(2)12(8-16-19)9-18(4)14(21)13-6-7-20(17-13)11(3)15(22)23/h6-8,11H,5,9H2,1-4H3,(H,22,23). The van der Waals surface area contributed by atoms with Crippen LogP contribution in [0.2, 0.25) is 0 Å². The van der Waals surface area contributed by atoms with Crippen LogP contribution in [-0.2, 0) is 17.9 Å². The molecule has 1 unspecified atom stereocenters. The third kappa shape index (κ3) is 3.41. The van der Waals surface area contributed by atoms with Crippen LogP contribution in [0, 0.1) is 6.92 Å². The van der Waals surface area contributed by atoms with Crippen LogP contribution >= 0.6 is 0 Å². The number of aryl methyl sites for hydroxylation is 1. The molecular formula is C15H21N5O3. The van der Waals surface area contributed by atoms with Gasteiger partial charge in [-0.05, 0) is 26.8 Å². The maximum Gasteiger partial charge on any atom is 0.328 e. The molecule has 0 aromatic carbocycles. The van der Waals surface area contributed by atoms with Gasteiger partial charge >= 0.3 is 5.97 Å². The minimum atomic E-state index is -0.997.